The third kappa shape index (κ3) is 3.87. The van der Waals surface area contributed by atoms with Crippen molar-refractivity contribution < 1.29 is 14.6 Å². The second-order valence-electron chi connectivity index (χ2n) is 7.51. The summed E-state index contributed by atoms with van der Waals surface area (Å²) >= 11 is 1.66. The number of ether oxygens (including phenoxy) is 1. The molecule has 2 heterocycles. The number of para-hydroxylation sites is 1. The number of carbonyl (C=O) groups is 1. The van der Waals surface area contributed by atoms with E-state index in [-0.39, 0.29) is 5.56 Å². The van der Waals surface area contributed by atoms with Crippen LogP contribution in [-0.2, 0) is 6.42 Å². The van der Waals surface area contributed by atoms with E-state index in [9.17, 15) is 9.90 Å². The molecule has 2 aromatic heterocycles. The summed E-state index contributed by atoms with van der Waals surface area (Å²) in [7, 11) is 1.52. The summed E-state index contributed by atoms with van der Waals surface area (Å²) in [5.74, 6) is 0.192. The highest BCUT2D eigenvalue weighted by molar-refractivity contribution is 7.08. The van der Waals surface area contributed by atoms with E-state index in [1.54, 1.807) is 23.5 Å². The first kappa shape index (κ1) is 21.6. The number of aromatic nitrogens is 2. The smallest absolute Gasteiger partial charge is 0.337 e. The lowest BCUT2D eigenvalue weighted by Gasteiger charge is -2.16. The fourth-order valence-electron chi connectivity index (χ4n) is 3.82. The largest absolute Gasteiger partial charge is 0.497 e. The van der Waals surface area contributed by atoms with Crippen LogP contribution in [0.15, 0.2) is 53.2 Å². The molecule has 0 atom stereocenters. The molecule has 0 bridgehead atoms. The Morgan fingerprint density at radius 2 is 1.97 bits per heavy atom. The Labute approximate surface area is 191 Å². The van der Waals surface area contributed by atoms with Crippen molar-refractivity contribution >= 4 is 28.8 Å². The molecule has 0 amide bonds. The molecule has 0 unspecified atom stereocenters. The second kappa shape index (κ2) is 8.88. The molecule has 4 aromatic rings. The Morgan fingerprint density at radius 3 is 2.66 bits per heavy atom. The van der Waals surface area contributed by atoms with E-state index >= 15 is 0 Å². The third-order valence-corrected chi connectivity index (χ3v) is 6.30. The van der Waals surface area contributed by atoms with Crippen molar-refractivity contribution in [2.45, 2.75) is 27.2 Å². The van der Waals surface area contributed by atoms with Crippen molar-refractivity contribution in [3.8, 4) is 22.6 Å². The fourth-order valence-corrected chi connectivity index (χ4v) is 4.75. The average Bonchev–Trinajstić information content (AvgIpc) is 3.37. The fraction of sp³-hybridized carbons (Fsp3) is 0.200. The van der Waals surface area contributed by atoms with Gasteiger partial charge in [-0.3, -0.25) is 0 Å². The Bertz CT molecular complexity index is 1290. The highest BCUT2D eigenvalue weighted by atomic mass is 32.1. The number of methoxy groups -OCH3 is 1. The van der Waals surface area contributed by atoms with Gasteiger partial charge in [0.05, 0.1) is 29.7 Å². The van der Waals surface area contributed by atoms with Crippen molar-refractivity contribution in [1.29, 1.82) is 0 Å². The Morgan fingerprint density at radius 1 is 1.19 bits per heavy atom. The lowest BCUT2D eigenvalue weighted by molar-refractivity contribution is 0.0697. The van der Waals surface area contributed by atoms with Gasteiger partial charge in [0.2, 0.25) is 0 Å². The molecular formula is C25H25N3O3S. The van der Waals surface area contributed by atoms with Gasteiger partial charge in [-0.2, -0.15) is 16.4 Å². The Hall–Kier alpha value is -3.58. The Kier molecular flexibility index (Phi) is 6.01. The summed E-state index contributed by atoms with van der Waals surface area (Å²) in [5, 5.41) is 22.4. The number of hydrogen-bond donors (Lipinski definition) is 2. The molecular weight excluding hydrogens is 422 g/mol. The number of rotatable bonds is 7. The first-order valence-corrected chi connectivity index (χ1v) is 11.3. The summed E-state index contributed by atoms with van der Waals surface area (Å²) in [6.07, 6.45) is 0.899. The quantitative estimate of drug-likeness (QED) is 0.351. The monoisotopic (exact) mass is 447 g/mol. The maximum absolute atomic E-state index is 12.0. The van der Waals surface area contributed by atoms with Crippen molar-refractivity contribution in [2.24, 2.45) is 0 Å². The SMILES string of the molecule is CCc1cscc1-c1c(C)nn(-c2ccccc2C)c1Nc1ccc(OC)cc1C(=O)O. The highest BCUT2D eigenvalue weighted by Gasteiger charge is 2.23. The zero-order valence-corrected chi connectivity index (χ0v) is 19.3. The molecule has 0 spiro atoms. The number of nitrogens with one attached hydrogen (secondary N) is 1. The van der Waals surface area contributed by atoms with Crippen LogP contribution in [0.25, 0.3) is 16.8 Å². The minimum Gasteiger partial charge on any atom is -0.497 e. The molecule has 6 nitrogen and oxygen atoms in total. The van der Waals surface area contributed by atoms with Crippen LogP contribution in [0.1, 0.15) is 34.1 Å². The number of aromatic carboxylic acids is 1. The molecule has 0 radical (unpaired) electrons. The van der Waals surface area contributed by atoms with Gasteiger partial charge >= 0.3 is 5.97 Å². The molecule has 0 saturated heterocycles. The van der Waals surface area contributed by atoms with E-state index < -0.39 is 5.97 Å². The maximum Gasteiger partial charge on any atom is 0.337 e. The topological polar surface area (TPSA) is 76.4 Å². The second-order valence-corrected chi connectivity index (χ2v) is 8.26. The van der Waals surface area contributed by atoms with Gasteiger partial charge in [-0.15, -0.1) is 0 Å². The number of aryl methyl sites for hydroxylation is 3. The van der Waals surface area contributed by atoms with E-state index in [1.165, 1.54) is 18.7 Å². The summed E-state index contributed by atoms with van der Waals surface area (Å²) in [6.45, 7) is 6.15. The molecule has 32 heavy (non-hydrogen) atoms. The number of thiophene rings is 1. The summed E-state index contributed by atoms with van der Waals surface area (Å²) in [4.78, 5) is 12.0. The van der Waals surface area contributed by atoms with Crippen LogP contribution < -0.4 is 10.1 Å². The van der Waals surface area contributed by atoms with Gasteiger partial charge in [-0.25, -0.2) is 9.48 Å². The molecule has 164 valence electrons. The van der Waals surface area contributed by atoms with E-state index in [0.29, 0.717) is 11.4 Å². The summed E-state index contributed by atoms with van der Waals surface area (Å²) < 4.78 is 7.10. The molecule has 0 aliphatic rings. The number of carboxylic acids is 1. The number of hydrogen-bond acceptors (Lipinski definition) is 5. The van der Waals surface area contributed by atoms with Crippen LogP contribution in [0, 0.1) is 13.8 Å². The number of nitrogens with zero attached hydrogens (tertiary/aromatic N) is 2. The maximum atomic E-state index is 12.0. The number of carboxylic acid groups (broad SMARTS) is 1. The normalized spacial score (nSPS) is 10.9. The van der Waals surface area contributed by atoms with E-state index in [0.717, 1.165) is 40.3 Å². The van der Waals surface area contributed by atoms with E-state index in [1.807, 2.05) is 42.8 Å². The van der Waals surface area contributed by atoms with Gasteiger partial charge in [0.1, 0.15) is 11.6 Å². The van der Waals surface area contributed by atoms with Crippen molar-refractivity contribution in [3.63, 3.8) is 0 Å². The van der Waals surface area contributed by atoms with Crippen LogP contribution in [0.4, 0.5) is 11.5 Å². The minimum atomic E-state index is -1.03. The predicted octanol–water partition coefficient (Wildman–Crippen LogP) is 6.23. The zero-order chi connectivity index (χ0) is 22.8. The average molecular weight is 448 g/mol. The highest BCUT2D eigenvalue weighted by Crippen LogP contribution is 2.40. The van der Waals surface area contributed by atoms with Crippen LogP contribution >= 0.6 is 11.3 Å². The predicted molar refractivity (Wildman–Crippen MR) is 129 cm³/mol. The first-order valence-electron chi connectivity index (χ1n) is 10.3. The molecule has 2 N–H and O–H groups in total. The van der Waals surface area contributed by atoms with E-state index in [2.05, 4.69) is 23.0 Å². The minimum absolute atomic E-state index is 0.131. The van der Waals surface area contributed by atoms with Crippen LogP contribution in [0.5, 0.6) is 5.75 Å². The van der Waals surface area contributed by atoms with Gasteiger partial charge in [-0.05, 0) is 66.4 Å². The van der Waals surface area contributed by atoms with Crippen molar-refractivity contribution in [2.75, 3.05) is 12.4 Å². The van der Waals surface area contributed by atoms with E-state index in [4.69, 9.17) is 9.84 Å². The van der Waals surface area contributed by atoms with Crippen molar-refractivity contribution in [3.05, 3.63) is 75.6 Å². The molecule has 0 aliphatic carbocycles. The lowest BCUT2D eigenvalue weighted by Crippen LogP contribution is -2.08. The zero-order valence-electron chi connectivity index (χ0n) is 18.5. The molecule has 0 saturated carbocycles. The molecule has 7 heteroatoms. The van der Waals surface area contributed by atoms with Gasteiger partial charge in [-0.1, -0.05) is 25.1 Å². The van der Waals surface area contributed by atoms with Crippen LogP contribution in [0.2, 0.25) is 0 Å². The number of benzene rings is 2. The van der Waals surface area contributed by atoms with Crippen LogP contribution in [0.3, 0.4) is 0 Å². The molecule has 0 aliphatic heterocycles. The molecule has 2 aromatic carbocycles. The molecule has 4 rings (SSSR count). The number of anilines is 2. The lowest BCUT2D eigenvalue weighted by atomic mass is 10.0. The van der Waals surface area contributed by atoms with Gasteiger partial charge in [0.25, 0.3) is 0 Å². The van der Waals surface area contributed by atoms with Gasteiger partial charge in [0, 0.05) is 11.1 Å². The summed E-state index contributed by atoms with van der Waals surface area (Å²) in [6, 6.07) is 13.0. The molecule has 0 fully saturated rings. The third-order valence-electron chi connectivity index (χ3n) is 5.51. The standard InChI is InChI=1S/C25H25N3O3S/c1-5-17-13-32-14-20(17)23-16(3)27-28(22-9-7-6-8-15(22)2)24(23)26-21-11-10-18(31-4)12-19(21)25(29)30/h6-14,26H,5H2,1-4H3,(H,29,30). The van der Waals surface area contributed by atoms with Crippen LogP contribution in [-0.4, -0.2) is 28.0 Å². The first-order chi connectivity index (χ1) is 15.4. The Balaban J connectivity index is 1.96. The van der Waals surface area contributed by atoms with Gasteiger partial charge in [0.15, 0.2) is 0 Å². The van der Waals surface area contributed by atoms with Crippen molar-refractivity contribution in [1.82, 2.24) is 9.78 Å². The van der Waals surface area contributed by atoms with Gasteiger partial charge < -0.3 is 15.2 Å². The summed E-state index contributed by atoms with van der Waals surface area (Å²) in [5.41, 5.74) is 6.80.